The molecule has 1 heterocycles. The molecular formula is C83H113ClFN3O10S4Si. The van der Waals surface area contributed by atoms with E-state index in [2.05, 4.69) is 196 Å². The van der Waals surface area contributed by atoms with Crippen LogP contribution in [0.15, 0.2) is 182 Å². The number of nitrogens with zero attached hydrogens (tertiary/aromatic N) is 1. The molecule has 7 aromatic carbocycles. The summed E-state index contributed by atoms with van der Waals surface area (Å²) in [7, 11) is 4.75. The second-order valence-electron chi connectivity index (χ2n) is 26.8. The van der Waals surface area contributed by atoms with Crippen LogP contribution in [-0.2, 0) is 86.7 Å². The summed E-state index contributed by atoms with van der Waals surface area (Å²) in [5.74, 6) is 0.806. The van der Waals surface area contributed by atoms with Gasteiger partial charge < -0.3 is 57.5 Å². The van der Waals surface area contributed by atoms with Gasteiger partial charge in [0.05, 0.1) is 83.0 Å². The van der Waals surface area contributed by atoms with Gasteiger partial charge in [-0.3, -0.25) is 4.39 Å². The summed E-state index contributed by atoms with van der Waals surface area (Å²) in [6.45, 7) is 16.7. The summed E-state index contributed by atoms with van der Waals surface area (Å²) >= 11 is 21.5. The molecular weight excluding hydrogens is 1410 g/mol. The van der Waals surface area contributed by atoms with Crippen LogP contribution in [0, 0.1) is 0 Å². The third-order valence-electron chi connectivity index (χ3n) is 18.3. The number of alkyl halides is 2. The number of piperidine rings is 1. The molecule has 103 heavy (non-hydrogen) atoms. The lowest BCUT2D eigenvalue weighted by Crippen LogP contribution is -2.62. The van der Waals surface area contributed by atoms with Crippen LogP contribution in [0.4, 0.5) is 4.39 Å². The zero-order chi connectivity index (χ0) is 74.8. The van der Waals surface area contributed by atoms with E-state index in [0.717, 1.165) is 108 Å². The highest BCUT2D eigenvalue weighted by molar-refractivity contribution is 8.24. The van der Waals surface area contributed by atoms with Crippen LogP contribution in [0.1, 0.15) is 151 Å². The molecule has 3 N–H and O–H groups in total. The Bertz CT molecular complexity index is 3430. The topological polar surface area (TPSA) is 131 Å². The molecule has 20 heteroatoms. The summed E-state index contributed by atoms with van der Waals surface area (Å²) in [4.78, 5) is 0. The zero-order valence-corrected chi connectivity index (χ0v) is 67.1. The third-order valence-corrected chi connectivity index (χ3v) is 25.0. The Morgan fingerprint density at radius 3 is 1.41 bits per heavy atom. The summed E-state index contributed by atoms with van der Waals surface area (Å²) in [5, 5.41) is 20.3. The average Bonchev–Trinajstić information content (AvgIpc) is 0.781. The van der Waals surface area contributed by atoms with Gasteiger partial charge in [0.25, 0.3) is 0 Å². The molecule has 0 spiro atoms. The van der Waals surface area contributed by atoms with Gasteiger partial charge in [0.2, 0.25) is 0 Å². The van der Waals surface area contributed by atoms with Crippen LogP contribution < -0.4 is 10.6 Å². The van der Waals surface area contributed by atoms with Crippen molar-refractivity contribution in [1.82, 2.24) is 15.7 Å². The molecule has 0 aromatic heterocycles. The molecule has 8 rings (SSSR count). The number of hydrogen-bond acceptors (Lipinski definition) is 17. The van der Waals surface area contributed by atoms with Crippen molar-refractivity contribution < 1.29 is 52.7 Å². The molecule has 562 valence electrons. The van der Waals surface area contributed by atoms with Crippen molar-refractivity contribution >= 4 is 76.8 Å². The standard InChI is InChI=1S/C53H77N3O7S2Si.C29H33ClO3S2.CH3F/c1-52(2)36-49(37-53(3,4)56(52)57)55-39-43-20-24-45(25-21-43)48(28-19-41-15-17-44(18-16-41)40-63-33-32-62-31-30-58-5)35-50(65-51(64)47-13-10-9-11-14-47)46-26-22-42(23-27-46)38-54-29-12-34-66(59-6,60-7)61-8;1-31-17-18-32-19-20-33-22-25-9-7-23(8-10-25)13-16-28(26-14-11-24(21-30)12-15-26)35-29(34)27-5-3-2-4-6-27;1-2/h9-11,13-18,20-27,48-50,54-55,57H,12,19,28-40H2,1-8H3;2-12,14-15,28H,13,16-22H2,1H3;1H3/i;;1D. The molecule has 0 radical (unpaired) electrons. The maximum atomic E-state index is 10.9. The summed E-state index contributed by atoms with van der Waals surface area (Å²) in [5.41, 5.74) is 14.0. The fraction of sp³-hybridized carbons (Fsp3) is 0.470. The maximum absolute atomic E-state index is 10.9. The fourth-order valence-electron chi connectivity index (χ4n) is 12.6. The number of halogens is 2. The van der Waals surface area contributed by atoms with E-state index in [4.69, 9.17) is 79.1 Å². The Balaban J connectivity index is 0.000000373. The quantitative estimate of drug-likeness (QED) is 0.0145. The van der Waals surface area contributed by atoms with Crippen LogP contribution in [0.2, 0.25) is 6.04 Å². The lowest BCUT2D eigenvalue weighted by Gasteiger charge is -2.51. The minimum atomic E-state index is -2.58. The van der Waals surface area contributed by atoms with Crippen molar-refractivity contribution in [2.75, 3.05) is 102 Å². The normalized spacial score (nSPS) is 14.7. The summed E-state index contributed by atoms with van der Waals surface area (Å²) in [6.07, 6.45) is 7.50. The number of hydrogen-bond donors (Lipinski definition) is 3. The van der Waals surface area contributed by atoms with Gasteiger partial charge in [-0.1, -0.05) is 206 Å². The van der Waals surface area contributed by atoms with Gasteiger partial charge in [0.1, 0.15) is 0 Å². The predicted octanol–water partition coefficient (Wildman–Crippen LogP) is 18.7. The molecule has 1 aliphatic rings. The van der Waals surface area contributed by atoms with Crippen molar-refractivity contribution in [2.45, 2.75) is 151 Å². The third kappa shape index (κ3) is 31.2. The highest BCUT2D eigenvalue weighted by Crippen LogP contribution is 2.43. The number of nitrogens with one attached hydrogen (secondary N) is 2. The van der Waals surface area contributed by atoms with E-state index < -0.39 is 16.0 Å². The first-order chi connectivity index (χ1) is 50.4. The number of ether oxygens (including phenoxy) is 6. The Labute approximate surface area is 642 Å². The molecule has 13 nitrogen and oxygen atoms in total. The van der Waals surface area contributed by atoms with E-state index in [1.54, 1.807) is 64.1 Å². The Kier molecular flexibility index (Phi) is 40.4. The second kappa shape index (κ2) is 48.6. The van der Waals surface area contributed by atoms with E-state index in [9.17, 15) is 9.60 Å². The van der Waals surface area contributed by atoms with Crippen molar-refractivity contribution in [3.05, 3.63) is 249 Å². The fourth-order valence-corrected chi connectivity index (χ4v) is 17.7. The largest absolute Gasteiger partial charge is 0.500 e. The Morgan fingerprint density at radius 1 is 0.544 bits per heavy atom. The van der Waals surface area contributed by atoms with Gasteiger partial charge in [-0.15, -0.1) is 35.1 Å². The number of hydroxylamine groups is 2. The van der Waals surface area contributed by atoms with Gasteiger partial charge in [0.15, 0.2) is 0 Å². The number of thiocarbonyl (C=S) groups is 2. The molecule has 0 aliphatic carbocycles. The number of aryl methyl sites for hydroxylation is 2. The van der Waals surface area contributed by atoms with E-state index >= 15 is 0 Å². The van der Waals surface area contributed by atoms with Crippen molar-refractivity contribution in [2.24, 2.45) is 0 Å². The Morgan fingerprint density at radius 2 is 0.942 bits per heavy atom. The lowest BCUT2D eigenvalue weighted by molar-refractivity contribution is -0.246. The monoisotopic (exact) mass is 1520 g/mol. The minimum absolute atomic E-state index is 0.142. The molecule has 1 fully saturated rings. The van der Waals surface area contributed by atoms with Crippen LogP contribution >= 0.6 is 59.6 Å². The first-order valence-electron chi connectivity index (χ1n) is 36.3. The smallest absolute Gasteiger partial charge is 0.382 e. The molecule has 3 atom stereocenters. The Hall–Kier alpha value is -4.66. The summed E-state index contributed by atoms with van der Waals surface area (Å²) in [6, 6.07) is 66.2. The minimum Gasteiger partial charge on any atom is -0.382 e. The zero-order valence-electron chi connectivity index (χ0n) is 63.1. The average molecular weight is 1520 g/mol. The molecule has 1 aliphatic heterocycles. The van der Waals surface area contributed by atoms with Crippen molar-refractivity contribution in [1.29, 1.82) is 0 Å². The lowest BCUT2D eigenvalue weighted by atomic mass is 9.79. The molecule has 3 unspecified atom stereocenters. The molecule has 7 aromatic rings. The SMILES string of the molecule is COCCOCCOCc1ccc(CCC(CC(SC(=S)c2ccccc2)c2ccc(CNCCC[Si](OC)(OC)OC)cc2)c2ccc(CNC3CC(C)(C)N(O)C(C)(C)C3)cc2)cc1.COCCOCCOCc1ccc(CCC(SC(=S)c2ccccc2)c2ccc(CCl)cc2)cc1.[2H]CF. The first-order valence-corrected chi connectivity index (χ1v) is 40.7. The van der Waals surface area contributed by atoms with Gasteiger partial charge in [0, 0.05) is 88.2 Å². The van der Waals surface area contributed by atoms with Crippen LogP contribution in [-0.4, -0.2) is 147 Å². The predicted molar refractivity (Wildman–Crippen MR) is 434 cm³/mol. The van der Waals surface area contributed by atoms with E-state index in [0.29, 0.717) is 78.0 Å². The number of benzene rings is 7. The van der Waals surface area contributed by atoms with Crippen LogP contribution in [0.3, 0.4) is 0 Å². The van der Waals surface area contributed by atoms with E-state index in [1.165, 1.54) is 44.5 Å². The van der Waals surface area contributed by atoms with Crippen molar-refractivity contribution in [3.63, 3.8) is 0 Å². The highest BCUT2D eigenvalue weighted by atomic mass is 35.5. The van der Waals surface area contributed by atoms with Gasteiger partial charge >= 0.3 is 8.80 Å². The highest BCUT2D eigenvalue weighted by Gasteiger charge is 2.45. The molecule has 0 amide bonds. The first kappa shape index (κ1) is 85.6. The number of methoxy groups -OCH3 is 2. The number of thioether (sulfide) groups is 2. The van der Waals surface area contributed by atoms with Gasteiger partial charge in [-0.2, -0.15) is 5.06 Å². The molecule has 0 saturated carbocycles. The number of rotatable bonds is 44. The van der Waals surface area contributed by atoms with Gasteiger partial charge in [-0.05, 0) is 158 Å². The van der Waals surface area contributed by atoms with Crippen molar-refractivity contribution in [3.8, 4) is 0 Å². The van der Waals surface area contributed by atoms with Crippen LogP contribution in [0.25, 0.3) is 0 Å². The molecule has 0 bridgehead atoms. The van der Waals surface area contributed by atoms with E-state index in [1.807, 2.05) is 24.3 Å². The van der Waals surface area contributed by atoms with Crippen LogP contribution in [0.5, 0.6) is 0 Å². The van der Waals surface area contributed by atoms with Gasteiger partial charge in [-0.25, -0.2) is 0 Å². The maximum Gasteiger partial charge on any atom is 0.500 e. The van der Waals surface area contributed by atoms with E-state index in [-0.39, 0.29) is 27.5 Å². The second-order valence-corrected chi connectivity index (χ2v) is 34.0. The molecule has 1 saturated heterocycles. The summed E-state index contributed by atoms with van der Waals surface area (Å²) < 4.78 is 66.7.